The lowest BCUT2D eigenvalue weighted by Crippen LogP contribution is -2.28. The van der Waals surface area contributed by atoms with Crippen LogP contribution in [0.15, 0.2) is 405 Å². The molecule has 0 radical (unpaired) electrons. The van der Waals surface area contributed by atoms with Gasteiger partial charge in [-0.3, -0.25) is 0 Å². The van der Waals surface area contributed by atoms with E-state index in [0.29, 0.717) is 0 Å². The molecule has 5 heteroatoms. The first-order valence-electron chi connectivity index (χ1n) is 39.7. The molecule has 0 unspecified atom stereocenters. The quantitative estimate of drug-likeness (QED) is 0.129. The second-order valence-corrected chi connectivity index (χ2v) is 31.9. The second-order valence-electron chi connectivity index (χ2n) is 31.9. The summed E-state index contributed by atoms with van der Waals surface area (Å²) in [5.74, 6) is 0. The molecule has 0 atom stereocenters. The zero-order valence-corrected chi connectivity index (χ0v) is 63.8. The van der Waals surface area contributed by atoms with Crippen molar-refractivity contribution < 1.29 is 4.42 Å². The number of nitrogens with zero attached hydrogens (tertiary/aromatic N) is 4. The fourth-order valence-electron chi connectivity index (χ4n) is 19.7. The molecule has 23 rings (SSSR count). The molecule has 540 valence electrons. The zero-order valence-electron chi connectivity index (χ0n) is 63.8. The van der Waals surface area contributed by atoms with Gasteiger partial charge in [-0.15, -0.1) is 0 Å². The van der Waals surface area contributed by atoms with Crippen LogP contribution in [0.5, 0.6) is 0 Å². The van der Waals surface area contributed by atoms with Crippen molar-refractivity contribution in [2.24, 2.45) is 0 Å². The van der Waals surface area contributed by atoms with Crippen LogP contribution in [0.3, 0.4) is 0 Å². The molecule has 20 aromatic rings. The van der Waals surface area contributed by atoms with Crippen LogP contribution in [0, 0.1) is 0 Å². The lowest BCUT2D eigenvalue weighted by atomic mass is 9.67. The van der Waals surface area contributed by atoms with E-state index in [0.717, 1.165) is 55.9 Å². The van der Waals surface area contributed by atoms with Crippen LogP contribution in [0.25, 0.3) is 121 Å². The van der Waals surface area contributed by atoms with Crippen molar-refractivity contribution in [2.75, 3.05) is 9.80 Å². The van der Waals surface area contributed by atoms with E-state index >= 15 is 0 Å². The molecule has 0 saturated heterocycles. The maximum Gasteiger partial charge on any atom is 0.137 e. The van der Waals surface area contributed by atoms with Crippen LogP contribution in [0.1, 0.15) is 72.2 Å². The van der Waals surface area contributed by atoms with Gasteiger partial charge >= 0.3 is 0 Å². The van der Waals surface area contributed by atoms with Crippen molar-refractivity contribution in [2.45, 2.75) is 43.9 Å². The Hall–Kier alpha value is -14.3. The van der Waals surface area contributed by atoms with Crippen molar-refractivity contribution in [3.8, 4) is 55.9 Å². The highest BCUT2D eigenvalue weighted by Crippen LogP contribution is 2.59. The number of furan rings is 1. The molecule has 0 saturated carbocycles. The van der Waals surface area contributed by atoms with Gasteiger partial charge in [0.2, 0.25) is 0 Å². The van der Waals surface area contributed by atoms with E-state index in [2.05, 4.69) is 435 Å². The Morgan fingerprint density at radius 1 is 0.219 bits per heavy atom. The number of para-hydroxylation sites is 5. The van der Waals surface area contributed by atoms with Crippen molar-refractivity contribution in [1.82, 2.24) is 9.13 Å². The summed E-state index contributed by atoms with van der Waals surface area (Å²) in [5, 5.41) is 7.21. The van der Waals surface area contributed by atoms with E-state index in [-0.39, 0.29) is 10.8 Å². The van der Waals surface area contributed by atoms with Crippen LogP contribution in [-0.4, -0.2) is 9.13 Å². The summed E-state index contributed by atoms with van der Waals surface area (Å²) in [5.41, 5.74) is 35.6. The molecule has 0 fully saturated rings. The lowest BCUT2D eigenvalue weighted by Gasteiger charge is -2.35. The topological polar surface area (TPSA) is 29.5 Å². The van der Waals surface area contributed by atoms with E-state index in [1.54, 1.807) is 0 Å². The predicted molar refractivity (Wildman–Crippen MR) is 476 cm³/mol. The van der Waals surface area contributed by atoms with Gasteiger partial charge in [-0.2, -0.15) is 0 Å². The third-order valence-corrected chi connectivity index (χ3v) is 25.0. The summed E-state index contributed by atoms with van der Waals surface area (Å²) in [6, 6.07) is 147. The molecule has 0 spiro atoms. The first kappa shape index (κ1) is 66.7. The number of hydrogen-bond acceptors (Lipinski definition) is 3. The third-order valence-electron chi connectivity index (χ3n) is 25.0. The largest absolute Gasteiger partial charge is 0.456 e. The fourth-order valence-corrected chi connectivity index (χ4v) is 19.7. The van der Waals surface area contributed by atoms with Gasteiger partial charge in [-0.25, -0.2) is 0 Å². The van der Waals surface area contributed by atoms with Crippen molar-refractivity contribution in [3.63, 3.8) is 0 Å². The molecule has 3 aromatic heterocycles. The predicted octanol–water partition coefficient (Wildman–Crippen LogP) is 29.0. The van der Waals surface area contributed by atoms with Gasteiger partial charge in [0.25, 0.3) is 0 Å². The first-order valence-corrected chi connectivity index (χ1v) is 39.7. The summed E-state index contributed by atoms with van der Waals surface area (Å²) < 4.78 is 11.3. The van der Waals surface area contributed by atoms with E-state index in [1.807, 2.05) is 12.1 Å². The monoisotopic (exact) mass is 1460 g/mol. The smallest absolute Gasteiger partial charge is 0.137 e. The van der Waals surface area contributed by atoms with E-state index in [1.165, 1.54) is 144 Å². The van der Waals surface area contributed by atoms with Crippen molar-refractivity contribution in [3.05, 3.63) is 445 Å². The number of hydrogen-bond donors (Lipinski definition) is 0. The number of rotatable bonds is 11. The highest BCUT2D eigenvalue weighted by molar-refractivity contribution is 6.13. The third kappa shape index (κ3) is 10.2. The fraction of sp³-hybridized carbons (Fsp3) is 0.0642. The Balaban J connectivity index is 0.000000143. The summed E-state index contributed by atoms with van der Waals surface area (Å²) >= 11 is 0. The van der Waals surface area contributed by atoms with Gasteiger partial charge in [-0.05, 0) is 222 Å². The zero-order chi connectivity index (χ0) is 76.0. The highest BCUT2D eigenvalue weighted by atomic mass is 16.3. The molecule has 0 N–H and O–H groups in total. The molecular formula is C109H78N4O. The van der Waals surface area contributed by atoms with Gasteiger partial charge in [-0.1, -0.05) is 289 Å². The SMILES string of the molecule is CC1(C)c2ccccc2-c2ccc(N(c3ccc4c(c3)C(C)(C)c3ccccc3-4)c3ccc4c(c3)c3ccccc3n4-c3ccccc3)cc21.c1ccc(-n2c3ccccc3c3cc(-c4ccc(N(c5ccc6c(c5)C(c5ccccc5)(c5ccccc5)c5ccccc5-6)c5ccc6c(c5)oc5ccccc56)cc4)ccc32)cc1. The normalized spacial score (nSPS) is 13.6. The van der Waals surface area contributed by atoms with Crippen LogP contribution >= 0.6 is 0 Å². The summed E-state index contributed by atoms with van der Waals surface area (Å²) in [6.45, 7) is 9.47. The molecule has 3 aliphatic rings. The van der Waals surface area contributed by atoms with Gasteiger partial charge in [0.05, 0.1) is 27.5 Å². The average molecular weight is 1460 g/mol. The molecule has 5 nitrogen and oxygen atoms in total. The number of benzene rings is 17. The van der Waals surface area contributed by atoms with Crippen LogP contribution in [0.2, 0.25) is 0 Å². The molecule has 0 aliphatic heterocycles. The maximum absolute atomic E-state index is 6.52. The molecule has 3 heterocycles. The van der Waals surface area contributed by atoms with Crippen molar-refractivity contribution in [1.29, 1.82) is 0 Å². The summed E-state index contributed by atoms with van der Waals surface area (Å²) in [6.07, 6.45) is 0. The Labute approximate surface area is 663 Å². The molecule has 17 aromatic carbocycles. The summed E-state index contributed by atoms with van der Waals surface area (Å²) in [7, 11) is 0. The summed E-state index contributed by atoms with van der Waals surface area (Å²) in [4.78, 5) is 4.86. The Morgan fingerprint density at radius 3 is 1.12 bits per heavy atom. The van der Waals surface area contributed by atoms with E-state index in [4.69, 9.17) is 4.42 Å². The molecule has 114 heavy (non-hydrogen) atoms. The van der Waals surface area contributed by atoms with Gasteiger partial charge < -0.3 is 23.4 Å². The standard InChI is InChI=1S/C61H40N2O.C48H38N2/c1-4-16-43(17-5-1)61(44-18-6-2-7-19-44)55-25-13-10-22-49(55)50-35-33-47(39-56(50)61)62(48-34-36-53-52-24-12-15-27-59(52)64-60(53)40-48)46-31-28-41(29-32-46)42-30-37-58-54(38-42)51-23-11-14-26-57(51)63(58)45-20-8-3-9-21-45;1-47(2)41-19-11-8-16-35(41)37-25-22-33(29-43(37)47)49(34-23-26-38-36-17-9-12-20-42(36)48(3,4)44(38)30-34)32-24-27-46-40(28-32)39-18-10-13-21-45(39)50(46)31-14-6-5-7-15-31/h1-40H;5-30H,1-4H3. The Bertz CT molecular complexity index is 7080. The van der Waals surface area contributed by atoms with Crippen LogP contribution < -0.4 is 9.80 Å². The number of anilines is 6. The maximum atomic E-state index is 6.52. The molecular weight excluding hydrogens is 1380 g/mol. The Morgan fingerprint density at radius 2 is 0.570 bits per heavy atom. The van der Waals surface area contributed by atoms with Crippen LogP contribution in [0.4, 0.5) is 34.1 Å². The van der Waals surface area contributed by atoms with Gasteiger partial charge in [0, 0.05) is 94.7 Å². The highest BCUT2D eigenvalue weighted by Gasteiger charge is 2.47. The number of aromatic nitrogens is 2. The molecule has 3 aliphatic carbocycles. The van der Waals surface area contributed by atoms with E-state index in [9.17, 15) is 0 Å². The van der Waals surface area contributed by atoms with E-state index < -0.39 is 5.41 Å². The lowest BCUT2D eigenvalue weighted by molar-refractivity contribution is 0.660. The first-order chi connectivity index (χ1) is 56.1. The van der Waals surface area contributed by atoms with Crippen LogP contribution in [-0.2, 0) is 16.2 Å². The average Bonchev–Trinajstić information content (AvgIpc) is 1.54. The minimum absolute atomic E-state index is 0.0950. The molecule has 0 amide bonds. The van der Waals surface area contributed by atoms with Crippen molar-refractivity contribution >= 4 is 99.7 Å². The second kappa shape index (κ2) is 25.9. The minimum Gasteiger partial charge on any atom is -0.456 e. The minimum atomic E-state index is -0.523. The number of fused-ring (bicyclic) bond motifs is 18. The Kier molecular flexibility index (Phi) is 15.2. The van der Waals surface area contributed by atoms with Gasteiger partial charge in [0.15, 0.2) is 0 Å². The van der Waals surface area contributed by atoms with Gasteiger partial charge in [0.1, 0.15) is 11.2 Å². The molecule has 0 bridgehead atoms.